The second kappa shape index (κ2) is 10.7. The average Bonchev–Trinajstić information content (AvgIpc) is 2.65. The zero-order chi connectivity index (χ0) is 19.6. The number of halogens is 1. The van der Waals surface area contributed by atoms with Gasteiger partial charge in [-0.15, -0.1) is 0 Å². The van der Waals surface area contributed by atoms with Crippen LogP contribution in [0.1, 0.15) is 30.5 Å². The molecule has 0 saturated heterocycles. The van der Waals surface area contributed by atoms with Crippen molar-refractivity contribution in [3.8, 4) is 0 Å². The van der Waals surface area contributed by atoms with E-state index in [1.807, 2.05) is 6.07 Å². The Bertz CT molecular complexity index is 743. The van der Waals surface area contributed by atoms with Gasteiger partial charge in [0.1, 0.15) is 5.82 Å². The fourth-order valence-corrected chi connectivity index (χ4v) is 2.75. The molecule has 0 unspecified atom stereocenters. The van der Waals surface area contributed by atoms with E-state index < -0.39 is 0 Å². The minimum Gasteiger partial charge on any atom is -0.356 e. The summed E-state index contributed by atoms with van der Waals surface area (Å²) < 4.78 is 13.2. The predicted molar refractivity (Wildman–Crippen MR) is 111 cm³/mol. The summed E-state index contributed by atoms with van der Waals surface area (Å²) in [5.41, 5.74) is 3.55. The highest BCUT2D eigenvalue weighted by atomic mass is 19.1. The molecule has 0 bridgehead atoms. The van der Waals surface area contributed by atoms with E-state index in [0.717, 1.165) is 24.5 Å². The first-order valence-corrected chi connectivity index (χ1v) is 9.45. The molecule has 146 valence electrons. The summed E-state index contributed by atoms with van der Waals surface area (Å²) in [4.78, 5) is 6.60. The van der Waals surface area contributed by atoms with Crippen LogP contribution >= 0.6 is 0 Å². The Labute approximate surface area is 162 Å². The number of benzene rings is 2. The normalized spacial score (nSPS) is 11.9. The lowest BCUT2D eigenvalue weighted by Gasteiger charge is -2.23. The fraction of sp³-hybridized carbons (Fsp3) is 0.409. The molecule has 0 aliphatic heterocycles. The molecule has 0 aliphatic carbocycles. The summed E-state index contributed by atoms with van der Waals surface area (Å²) in [5, 5.41) is 6.66. The van der Waals surface area contributed by atoms with Crippen LogP contribution in [0.5, 0.6) is 0 Å². The van der Waals surface area contributed by atoms with Gasteiger partial charge in [0, 0.05) is 32.7 Å². The molecule has 0 amide bonds. The lowest BCUT2D eigenvalue weighted by Crippen LogP contribution is -2.38. The van der Waals surface area contributed by atoms with Crippen molar-refractivity contribution in [2.75, 3.05) is 20.6 Å². The molecule has 0 aliphatic rings. The highest BCUT2D eigenvalue weighted by molar-refractivity contribution is 5.79. The maximum atomic E-state index is 13.2. The molecule has 2 aromatic carbocycles. The largest absolute Gasteiger partial charge is 0.356 e. The molecule has 0 heterocycles. The van der Waals surface area contributed by atoms with Crippen LogP contribution in [-0.2, 0) is 19.5 Å². The van der Waals surface area contributed by atoms with Gasteiger partial charge in [-0.25, -0.2) is 4.39 Å². The van der Waals surface area contributed by atoms with Gasteiger partial charge in [0.15, 0.2) is 5.96 Å². The van der Waals surface area contributed by atoms with E-state index in [2.05, 4.69) is 65.7 Å². The zero-order valence-corrected chi connectivity index (χ0v) is 16.8. The molecule has 4 nitrogen and oxygen atoms in total. The van der Waals surface area contributed by atoms with Crippen LogP contribution in [0.2, 0.25) is 0 Å². The quantitative estimate of drug-likeness (QED) is 0.551. The van der Waals surface area contributed by atoms with Crippen molar-refractivity contribution < 1.29 is 4.39 Å². The van der Waals surface area contributed by atoms with Gasteiger partial charge in [-0.05, 0) is 56.1 Å². The van der Waals surface area contributed by atoms with E-state index in [1.54, 1.807) is 19.2 Å². The summed E-state index contributed by atoms with van der Waals surface area (Å²) in [6, 6.07) is 15.7. The summed E-state index contributed by atoms with van der Waals surface area (Å²) in [7, 11) is 3.90. The number of rotatable bonds is 8. The summed E-state index contributed by atoms with van der Waals surface area (Å²) >= 11 is 0. The molecule has 0 aromatic heterocycles. The van der Waals surface area contributed by atoms with Crippen LogP contribution in [0.15, 0.2) is 53.5 Å². The lowest BCUT2D eigenvalue weighted by atomic mass is 10.1. The Balaban J connectivity index is 1.87. The van der Waals surface area contributed by atoms with Crippen LogP contribution in [0.25, 0.3) is 0 Å². The minimum absolute atomic E-state index is 0.196. The second-order valence-electron chi connectivity index (χ2n) is 7.01. The third kappa shape index (κ3) is 7.02. The zero-order valence-electron chi connectivity index (χ0n) is 16.8. The van der Waals surface area contributed by atoms with Gasteiger partial charge in [-0.1, -0.05) is 36.4 Å². The van der Waals surface area contributed by atoms with E-state index in [1.165, 1.54) is 17.2 Å². The van der Waals surface area contributed by atoms with E-state index in [-0.39, 0.29) is 5.82 Å². The monoisotopic (exact) mass is 370 g/mol. The molecule has 2 rings (SSSR count). The molecular weight excluding hydrogens is 339 g/mol. The van der Waals surface area contributed by atoms with E-state index >= 15 is 0 Å². The summed E-state index contributed by atoms with van der Waals surface area (Å²) in [6.45, 7) is 6.72. The van der Waals surface area contributed by atoms with Gasteiger partial charge >= 0.3 is 0 Å². The Morgan fingerprint density at radius 1 is 1.07 bits per heavy atom. The Morgan fingerprint density at radius 2 is 1.81 bits per heavy atom. The molecule has 0 spiro atoms. The second-order valence-corrected chi connectivity index (χ2v) is 7.01. The van der Waals surface area contributed by atoms with Crippen LogP contribution in [0.4, 0.5) is 4.39 Å². The molecule has 5 heteroatoms. The molecule has 2 aromatic rings. The third-order valence-corrected chi connectivity index (χ3v) is 4.68. The first-order chi connectivity index (χ1) is 13.0. The Kier molecular flexibility index (Phi) is 8.27. The number of hydrogen-bond acceptors (Lipinski definition) is 2. The first kappa shape index (κ1) is 20.9. The van der Waals surface area contributed by atoms with Gasteiger partial charge in [0.25, 0.3) is 0 Å². The predicted octanol–water partition coefficient (Wildman–Crippen LogP) is 3.57. The van der Waals surface area contributed by atoms with Gasteiger partial charge in [-0.3, -0.25) is 9.89 Å². The lowest BCUT2D eigenvalue weighted by molar-refractivity contribution is 0.265. The molecular formula is C22H31FN4. The first-order valence-electron chi connectivity index (χ1n) is 9.45. The van der Waals surface area contributed by atoms with Gasteiger partial charge in [0.05, 0.1) is 0 Å². The summed E-state index contributed by atoms with van der Waals surface area (Å²) in [5.74, 6) is 0.552. The summed E-state index contributed by atoms with van der Waals surface area (Å²) in [6.07, 6.45) is 0.744. The van der Waals surface area contributed by atoms with Crippen LogP contribution < -0.4 is 10.6 Å². The van der Waals surface area contributed by atoms with Crippen LogP contribution in [0.3, 0.4) is 0 Å². The minimum atomic E-state index is -0.196. The fourth-order valence-electron chi connectivity index (χ4n) is 2.75. The van der Waals surface area contributed by atoms with Gasteiger partial charge < -0.3 is 10.6 Å². The molecule has 0 radical (unpaired) electrons. The standard InChI is InChI=1S/C22H31FN4/c1-17(2)27(4)16-20-10-6-5-9-19(20)15-26-22(24-3)25-13-12-18-8-7-11-21(23)14-18/h5-11,14,17H,12-13,15-16H2,1-4H3,(H2,24,25,26). The number of guanidine groups is 1. The Morgan fingerprint density at radius 3 is 2.48 bits per heavy atom. The average molecular weight is 371 g/mol. The maximum absolute atomic E-state index is 13.2. The smallest absolute Gasteiger partial charge is 0.191 e. The number of hydrogen-bond donors (Lipinski definition) is 2. The highest BCUT2D eigenvalue weighted by Gasteiger charge is 2.08. The van der Waals surface area contributed by atoms with Crippen molar-refractivity contribution in [3.05, 3.63) is 71.0 Å². The number of nitrogens with zero attached hydrogens (tertiary/aromatic N) is 2. The Hall–Kier alpha value is -2.40. The van der Waals surface area contributed by atoms with Gasteiger partial charge in [0.2, 0.25) is 0 Å². The van der Waals surface area contributed by atoms with Crippen molar-refractivity contribution in [2.24, 2.45) is 4.99 Å². The van der Waals surface area contributed by atoms with E-state index in [9.17, 15) is 4.39 Å². The van der Waals surface area contributed by atoms with Crippen molar-refractivity contribution in [1.82, 2.24) is 15.5 Å². The molecule has 27 heavy (non-hydrogen) atoms. The SMILES string of the molecule is CN=C(NCCc1cccc(F)c1)NCc1ccccc1CN(C)C(C)C. The van der Waals surface area contributed by atoms with Gasteiger partial charge in [-0.2, -0.15) is 0 Å². The molecule has 0 atom stereocenters. The molecule has 0 saturated carbocycles. The van der Waals surface area contributed by atoms with Crippen molar-refractivity contribution in [2.45, 2.75) is 39.4 Å². The van der Waals surface area contributed by atoms with Crippen molar-refractivity contribution >= 4 is 5.96 Å². The third-order valence-electron chi connectivity index (χ3n) is 4.68. The van der Waals surface area contributed by atoms with E-state index in [0.29, 0.717) is 19.1 Å². The van der Waals surface area contributed by atoms with Crippen LogP contribution in [-0.4, -0.2) is 37.5 Å². The maximum Gasteiger partial charge on any atom is 0.191 e. The highest BCUT2D eigenvalue weighted by Crippen LogP contribution is 2.12. The number of nitrogens with one attached hydrogen (secondary N) is 2. The van der Waals surface area contributed by atoms with Crippen molar-refractivity contribution in [1.29, 1.82) is 0 Å². The van der Waals surface area contributed by atoms with E-state index in [4.69, 9.17) is 0 Å². The van der Waals surface area contributed by atoms with Crippen LogP contribution in [0, 0.1) is 5.82 Å². The molecule has 2 N–H and O–H groups in total. The number of aliphatic imine (C=N–C) groups is 1. The topological polar surface area (TPSA) is 39.7 Å². The molecule has 0 fully saturated rings. The van der Waals surface area contributed by atoms with Crippen molar-refractivity contribution in [3.63, 3.8) is 0 Å².